The first-order chi connectivity index (χ1) is 10.1. The fourth-order valence-corrected chi connectivity index (χ4v) is 2.70. The fraction of sp³-hybridized carbons (Fsp3) is 0.471. The van der Waals surface area contributed by atoms with Crippen LogP contribution in [0.4, 0.5) is 5.69 Å². The first-order valence-corrected chi connectivity index (χ1v) is 7.56. The Morgan fingerprint density at radius 2 is 1.90 bits per heavy atom. The lowest BCUT2D eigenvalue weighted by molar-refractivity contribution is -0.133. The minimum absolute atomic E-state index is 0.226. The molecule has 1 aromatic carbocycles. The number of amides is 1. The van der Waals surface area contributed by atoms with E-state index in [-0.39, 0.29) is 11.8 Å². The number of nitrogens with zero attached hydrogens (tertiary/aromatic N) is 2. The highest BCUT2D eigenvalue weighted by molar-refractivity contribution is 5.77. The summed E-state index contributed by atoms with van der Waals surface area (Å²) in [5, 5.41) is 0. The van der Waals surface area contributed by atoms with Gasteiger partial charge in [0.15, 0.2) is 0 Å². The second-order valence-corrected chi connectivity index (χ2v) is 5.74. The molecule has 21 heavy (non-hydrogen) atoms. The van der Waals surface area contributed by atoms with E-state index in [1.165, 1.54) is 5.56 Å². The van der Waals surface area contributed by atoms with Crippen molar-refractivity contribution in [2.45, 2.75) is 19.3 Å². The summed E-state index contributed by atoms with van der Waals surface area (Å²) in [6.45, 7) is 10.3. The summed E-state index contributed by atoms with van der Waals surface area (Å²) in [7, 11) is 0. The van der Waals surface area contributed by atoms with Gasteiger partial charge in [0.1, 0.15) is 0 Å². The zero-order valence-corrected chi connectivity index (χ0v) is 12.8. The first-order valence-electron chi connectivity index (χ1n) is 7.56. The van der Waals surface area contributed by atoms with Crippen LogP contribution < -0.4 is 5.73 Å². The second-order valence-electron chi connectivity index (χ2n) is 5.74. The van der Waals surface area contributed by atoms with Crippen molar-refractivity contribution in [3.05, 3.63) is 42.5 Å². The normalized spacial score (nSPS) is 17.5. The van der Waals surface area contributed by atoms with Crippen LogP contribution >= 0.6 is 0 Å². The van der Waals surface area contributed by atoms with Crippen molar-refractivity contribution in [3.8, 4) is 0 Å². The van der Waals surface area contributed by atoms with Crippen LogP contribution in [-0.2, 0) is 4.79 Å². The van der Waals surface area contributed by atoms with Crippen LogP contribution in [0.15, 0.2) is 36.9 Å². The number of nitrogen functional groups attached to an aromatic ring is 1. The molecule has 1 fully saturated rings. The monoisotopic (exact) mass is 287 g/mol. The number of carbonyl (C=O) groups is 1. The molecule has 1 unspecified atom stereocenters. The van der Waals surface area contributed by atoms with Gasteiger partial charge in [-0.05, 0) is 23.6 Å². The number of carbonyl (C=O) groups excluding carboxylic acids is 1. The molecule has 1 aliphatic rings. The van der Waals surface area contributed by atoms with Crippen LogP contribution in [0.25, 0.3) is 0 Å². The lowest BCUT2D eigenvalue weighted by Crippen LogP contribution is -2.48. The summed E-state index contributed by atoms with van der Waals surface area (Å²) in [5.74, 6) is 0.474. The molecule has 0 saturated carbocycles. The Kier molecular flexibility index (Phi) is 5.39. The Balaban J connectivity index is 1.84. The number of hydrogen-bond donors (Lipinski definition) is 1. The lowest BCUT2D eigenvalue weighted by Gasteiger charge is -2.34. The van der Waals surface area contributed by atoms with Gasteiger partial charge in [-0.25, -0.2) is 0 Å². The fourth-order valence-electron chi connectivity index (χ4n) is 2.70. The second kappa shape index (κ2) is 7.27. The summed E-state index contributed by atoms with van der Waals surface area (Å²) in [5.41, 5.74) is 7.62. The van der Waals surface area contributed by atoms with E-state index in [0.717, 1.165) is 38.4 Å². The van der Waals surface area contributed by atoms with E-state index in [1.807, 2.05) is 35.2 Å². The highest BCUT2D eigenvalue weighted by Crippen LogP contribution is 2.21. The quantitative estimate of drug-likeness (QED) is 0.666. The summed E-state index contributed by atoms with van der Waals surface area (Å²) >= 11 is 0. The van der Waals surface area contributed by atoms with Gasteiger partial charge in [-0.2, -0.15) is 0 Å². The van der Waals surface area contributed by atoms with Crippen LogP contribution in [0.2, 0.25) is 0 Å². The van der Waals surface area contributed by atoms with E-state index in [1.54, 1.807) is 0 Å². The Labute approximate surface area is 127 Å². The van der Waals surface area contributed by atoms with Gasteiger partial charge in [0, 0.05) is 44.8 Å². The van der Waals surface area contributed by atoms with Gasteiger partial charge in [0.2, 0.25) is 5.91 Å². The van der Waals surface area contributed by atoms with Gasteiger partial charge in [-0.1, -0.05) is 25.1 Å². The molecule has 1 amide bonds. The van der Waals surface area contributed by atoms with E-state index >= 15 is 0 Å². The van der Waals surface area contributed by atoms with Crippen molar-refractivity contribution in [1.29, 1.82) is 0 Å². The summed E-state index contributed by atoms with van der Waals surface area (Å²) < 4.78 is 0. The minimum Gasteiger partial charge on any atom is -0.399 e. The zero-order chi connectivity index (χ0) is 15.2. The molecule has 1 aromatic rings. The molecule has 1 saturated heterocycles. The molecular formula is C17H25N3O. The number of benzene rings is 1. The molecule has 1 atom stereocenters. The van der Waals surface area contributed by atoms with Crippen LogP contribution in [0.3, 0.4) is 0 Å². The van der Waals surface area contributed by atoms with Crippen LogP contribution in [-0.4, -0.2) is 48.4 Å². The number of hydrogen-bond acceptors (Lipinski definition) is 3. The Hall–Kier alpha value is -1.81. The third kappa shape index (κ3) is 4.33. The van der Waals surface area contributed by atoms with E-state index in [4.69, 9.17) is 5.73 Å². The Morgan fingerprint density at radius 3 is 2.48 bits per heavy atom. The van der Waals surface area contributed by atoms with Gasteiger partial charge < -0.3 is 10.6 Å². The average molecular weight is 287 g/mol. The number of anilines is 1. The van der Waals surface area contributed by atoms with E-state index in [2.05, 4.69) is 18.4 Å². The van der Waals surface area contributed by atoms with Crippen molar-refractivity contribution >= 4 is 11.6 Å². The Morgan fingerprint density at radius 1 is 1.29 bits per heavy atom. The number of piperazine rings is 1. The van der Waals surface area contributed by atoms with E-state index in [0.29, 0.717) is 6.42 Å². The molecule has 0 spiro atoms. The summed E-state index contributed by atoms with van der Waals surface area (Å²) in [6.07, 6.45) is 2.48. The predicted molar refractivity (Wildman–Crippen MR) is 87.1 cm³/mol. The molecule has 0 aliphatic carbocycles. The van der Waals surface area contributed by atoms with Crippen molar-refractivity contribution in [1.82, 2.24) is 9.80 Å². The zero-order valence-electron chi connectivity index (χ0n) is 12.8. The van der Waals surface area contributed by atoms with Crippen LogP contribution in [0.1, 0.15) is 24.8 Å². The van der Waals surface area contributed by atoms with Crippen molar-refractivity contribution in [3.63, 3.8) is 0 Å². The topological polar surface area (TPSA) is 49.6 Å². The van der Waals surface area contributed by atoms with Gasteiger partial charge in [0.25, 0.3) is 0 Å². The van der Waals surface area contributed by atoms with E-state index < -0.39 is 0 Å². The molecular weight excluding hydrogens is 262 g/mol. The molecule has 2 N–H and O–H groups in total. The molecule has 0 radical (unpaired) electrons. The van der Waals surface area contributed by atoms with Gasteiger partial charge in [0.05, 0.1) is 0 Å². The number of rotatable bonds is 5. The molecule has 114 valence electrons. The van der Waals surface area contributed by atoms with E-state index in [9.17, 15) is 4.79 Å². The molecule has 1 aliphatic heterocycles. The number of nitrogens with two attached hydrogens (primary N) is 1. The molecule has 1 heterocycles. The van der Waals surface area contributed by atoms with Crippen molar-refractivity contribution < 1.29 is 4.79 Å². The van der Waals surface area contributed by atoms with Gasteiger partial charge in [-0.3, -0.25) is 9.69 Å². The average Bonchev–Trinajstić information content (AvgIpc) is 2.49. The van der Waals surface area contributed by atoms with Crippen molar-refractivity contribution in [2.24, 2.45) is 0 Å². The standard InChI is InChI=1S/C17H25N3O/c1-3-8-19-9-11-20(12-10-19)17(21)13-14(2)15-4-6-16(18)7-5-15/h3-7,14H,1,8-13,18H2,2H3. The molecule has 4 heteroatoms. The molecule has 2 rings (SSSR count). The summed E-state index contributed by atoms with van der Waals surface area (Å²) in [4.78, 5) is 16.7. The maximum absolute atomic E-state index is 12.4. The summed E-state index contributed by atoms with van der Waals surface area (Å²) in [6, 6.07) is 7.80. The highest BCUT2D eigenvalue weighted by atomic mass is 16.2. The highest BCUT2D eigenvalue weighted by Gasteiger charge is 2.22. The lowest BCUT2D eigenvalue weighted by atomic mass is 9.97. The SMILES string of the molecule is C=CCN1CCN(C(=O)CC(C)c2ccc(N)cc2)CC1. The largest absolute Gasteiger partial charge is 0.399 e. The van der Waals surface area contributed by atoms with Crippen LogP contribution in [0, 0.1) is 0 Å². The van der Waals surface area contributed by atoms with Gasteiger partial charge >= 0.3 is 0 Å². The smallest absolute Gasteiger partial charge is 0.223 e. The Bertz CT molecular complexity index is 475. The predicted octanol–water partition coefficient (Wildman–Crippen LogP) is 2.09. The first kappa shape index (κ1) is 15.6. The molecule has 4 nitrogen and oxygen atoms in total. The van der Waals surface area contributed by atoms with Crippen molar-refractivity contribution in [2.75, 3.05) is 38.5 Å². The minimum atomic E-state index is 0.226. The maximum Gasteiger partial charge on any atom is 0.223 e. The van der Waals surface area contributed by atoms with Gasteiger partial charge in [-0.15, -0.1) is 6.58 Å². The molecule has 0 bridgehead atoms. The third-order valence-corrected chi connectivity index (χ3v) is 4.10. The third-order valence-electron chi connectivity index (χ3n) is 4.10. The maximum atomic E-state index is 12.4. The van der Waals surface area contributed by atoms with Crippen LogP contribution in [0.5, 0.6) is 0 Å². The molecule has 0 aromatic heterocycles.